The molecule has 1 unspecified atom stereocenters. The Balaban J connectivity index is 1.75. The standard InChI is InChI=1S/C16H21N3O2/c1-10(20)11-4-6-19(7-5-11)16(21)15-9-12-8-13(17)2-3-14(12)18-15/h2-3,8-11,18,20H,4-7,17H2,1H3. The number of anilines is 1. The number of likely N-dealkylation sites (tertiary alicyclic amines) is 1. The minimum absolute atomic E-state index is 0.0221. The van der Waals surface area contributed by atoms with E-state index in [0.717, 1.165) is 23.7 Å². The van der Waals surface area contributed by atoms with Crippen molar-refractivity contribution in [2.24, 2.45) is 5.92 Å². The lowest BCUT2D eigenvalue weighted by Crippen LogP contribution is -2.40. The van der Waals surface area contributed by atoms with Gasteiger partial charge in [-0.1, -0.05) is 0 Å². The summed E-state index contributed by atoms with van der Waals surface area (Å²) in [7, 11) is 0. The number of hydrogen-bond acceptors (Lipinski definition) is 3. The summed E-state index contributed by atoms with van der Waals surface area (Å²) in [6, 6.07) is 7.43. The van der Waals surface area contributed by atoms with E-state index in [0.29, 0.717) is 30.4 Å². The van der Waals surface area contributed by atoms with E-state index in [1.807, 2.05) is 36.1 Å². The van der Waals surface area contributed by atoms with Crippen LogP contribution in [0.2, 0.25) is 0 Å². The van der Waals surface area contributed by atoms with Crippen molar-refractivity contribution in [1.29, 1.82) is 0 Å². The van der Waals surface area contributed by atoms with Crippen LogP contribution in [0.3, 0.4) is 0 Å². The first kappa shape index (κ1) is 13.9. The van der Waals surface area contributed by atoms with Crippen molar-refractivity contribution in [3.63, 3.8) is 0 Å². The molecule has 2 heterocycles. The third kappa shape index (κ3) is 2.74. The first-order chi connectivity index (χ1) is 10.0. The molecule has 1 fully saturated rings. The van der Waals surface area contributed by atoms with Gasteiger partial charge in [-0.05, 0) is 49.9 Å². The van der Waals surface area contributed by atoms with Gasteiger partial charge in [0, 0.05) is 29.7 Å². The summed E-state index contributed by atoms with van der Waals surface area (Å²) in [6.45, 7) is 3.22. The Kier molecular flexibility index (Phi) is 3.59. The molecule has 0 aliphatic carbocycles. The van der Waals surface area contributed by atoms with Crippen molar-refractivity contribution in [2.75, 3.05) is 18.8 Å². The minimum Gasteiger partial charge on any atom is -0.399 e. The van der Waals surface area contributed by atoms with Gasteiger partial charge in [0.05, 0.1) is 6.10 Å². The molecule has 0 saturated carbocycles. The van der Waals surface area contributed by atoms with Crippen LogP contribution in [-0.2, 0) is 0 Å². The summed E-state index contributed by atoms with van der Waals surface area (Å²) < 4.78 is 0. The van der Waals surface area contributed by atoms with Gasteiger partial charge in [0.15, 0.2) is 0 Å². The molecule has 112 valence electrons. The highest BCUT2D eigenvalue weighted by atomic mass is 16.3. The molecule has 0 spiro atoms. The predicted molar refractivity (Wildman–Crippen MR) is 83.0 cm³/mol. The van der Waals surface area contributed by atoms with Gasteiger partial charge in [0.2, 0.25) is 0 Å². The number of piperidine rings is 1. The molecular weight excluding hydrogens is 266 g/mol. The minimum atomic E-state index is -0.293. The molecule has 1 amide bonds. The number of benzene rings is 1. The monoisotopic (exact) mass is 287 g/mol. The molecule has 21 heavy (non-hydrogen) atoms. The van der Waals surface area contributed by atoms with E-state index < -0.39 is 0 Å². The highest BCUT2D eigenvalue weighted by molar-refractivity contribution is 5.98. The number of rotatable bonds is 2. The van der Waals surface area contributed by atoms with Gasteiger partial charge < -0.3 is 20.7 Å². The molecule has 1 aromatic carbocycles. The van der Waals surface area contributed by atoms with Gasteiger partial charge in [-0.15, -0.1) is 0 Å². The molecule has 0 radical (unpaired) electrons. The summed E-state index contributed by atoms with van der Waals surface area (Å²) in [5.74, 6) is 0.324. The Bertz CT molecular complexity index is 655. The number of fused-ring (bicyclic) bond motifs is 1. The third-order valence-electron chi connectivity index (χ3n) is 4.38. The SMILES string of the molecule is CC(O)C1CCN(C(=O)c2cc3cc(N)ccc3[nH]2)CC1. The van der Waals surface area contributed by atoms with Gasteiger partial charge >= 0.3 is 0 Å². The number of nitrogen functional groups attached to an aromatic ring is 1. The fourth-order valence-corrected chi connectivity index (χ4v) is 3.02. The highest BCUT2D eigenvalue weighted by Gasteiger charge is 2.26. The maximum atomic E-state index is 12.5. The van der Waals surface area contributed by atoms with E-state index in [1.54, 1.807) is 0 Å². The van der Waals surface area contributed by atoms with Crippen molar-refractivity contribution in [2.45, 2.75) is 25.9 Å². The van der Waals surface area contributed by atoms with Crippen molar-refractivity contribution in [1.82, 2.24) is 9.88 Å². The first-order valence-electron chi connectivity index (χ1n) is 7.40. The van der Waals surface area contributed by atoms with Crippen LogP contribution in [0.15, 0.2) is 24.3 Å². The van der Waals surface area contributed by atoms with Crippen molar-refractivity contribution >= 4 is 22.5 Å². The molecule has 5 nitrogen and oxygen atoms in total. The molecule has 1 aliphatic rings. The first-order valence-corrected chi connectivity index (χ1v) is 7.40. The van der Waals surface area contributed by atoms with Crippen molar-refractivity contribution in [3.05, 3.63) is 30.0 Å². The topological polar surface area (TPSA) is 82.3 Å². The Morgan fingerprint density at radius 1 is 1.38 bits per heavy atom. The van der Waals surface area contributed by atoms with E-state index >= 15 is 0 Å². The molecule has 1 aliphatic heterocycles. The van der Waals surface area contributed by atoms with E-state index in [2.05, 4.69) is 4.98 Å². The second-order valence-corrected chi connectivity index (χ2v) is 5.90. The average Bonchev–Trinajstić information content (AvgIpc) is 2.89. The fourth-order valence-electron chi connectivity index (χ4n) is 3.02. The number of aromatic amines is 1. The largest absolute Gasteiger partial charge is 0.399 e. The molecule has 0 bridgehead atoms. The maximum Gasteiger partial charge on any atom is 0.270 e. The summed E-state index contributed by atoms with van der Waals surface area (Å²) in [4.78, 5) is 17.5. The zero-order valence-electron chi connectivity index (χ0n) is 12.2. The quantitative estimate of drug-likeness (QED) is 0.739. The van der Waals surface area contributed by atoms with Gasteiger partial charge in [-0.3, -0.25) is 4.79 Å². The summed E-state index contributed by atoms with van der Waals surface area (Å²) in [5, 5.41) is 10.6. The maximum absolute atomic E-state index is 12.5. The van der Waals surface area contributed by atoms with Gasteiger partial charge in [0.25, 0.3) is 5.91 Å². The summed E-state index contributed by atoms with van der Waals surface area (Å²) in [6.07, 6.45) is 1.42. The normalized spacial score (nSPS) is 18.1. The predicted octanol–water partition coefficient (Wildman–Crippen LogP) is 1.98. The van der Waals surface area contributed by atoms with Crippen LogP contribution in [0.4, 0.5) is 5.69 Å². The number of nitrogens with zero attached hydrogens (tertiary/aromatic N) is 1. The van der Waals surface area contributed by atoms with Crippen LogP contribution in [0.25, 0.3) is 10.9 Å². The van der Waals surface area contributed by atoms with Crippen LogP contribution < -0.4 is 5.73 Å². The Labute approximate surface area is 123 Å². The molecule has 5 heteroatoms. The second kappa shape index (κ2) is 5.41. The highest BCUT2D eigenvalue weighted by Crippen LogP contribution is 2.23. The number of nitrogens with two attached hydrogens (primary N) is 1. The van der Waals surface area contributed by atoms with E-state index in [9.17, 15) is 9.90 Å². The lowest BCUT2D eigenvalue weighted by Gasteiger charge is -2.33. The number of carbonyl (C=O) groups excluding carboxylic acids is 1. The van der Waals surface area contributed by atoms with E-state index in [1.165, 1.54) is 0 Å². The van der Waals surface area contributed by atoms with Gasteiger partial charge in [-0.25, -0.2) is 0 Å². The zero-order chi connectivity index (χ0) is 15.0. The van der Waals surface area contributed by atoms with Crippen LogP contribution in [0.1, 0.15) is 30.3 Å². The van der Waals surface area contributed by atoms with Crippen molar-refractivity contribution in [3.8, 4) is 0 Å². The smallest absolute Gasteiger partial charge is 0.270 e. The Morgan fingerprint density at radius 2 is 2.10 bits per heavy atom. The number of carbonyl (C=O) groups is 1. The van der Waals surface area contributed by atoms with Crippen LogP contribution in [0.5, 0.6) is 0 Å². The number of aliphatic hydroxyl groups is 1. The van der Waals surface area contributed by atoms with E-state index in [4.69, 9.17) is 5.73 Å². The lowest BCUT2D eigenvalue weighted by molar-refractivity contribution is 0.0518. The third-order valence-corrected chi connectivity index (χ3v) is 4.38. The number of amides is 1. The van der Waals surface area contributed by atoms with Gasteiger partial charge in [0.1, 0.15) is 5.69 Å². The van der Waals surface area contributed by atoms with Crippen LogP contribution in [-0.4, -0.2) is 40.1 Å². The number of hydrogen-bond donors (Lipinski definition) is 3. The van der Waals surface area contributed by atoms with E-state index in [-0.39, 0.29) is 12.0 Å². The van der Waals surface area contributed by atoms with Crippen LogP contribution in [0, 0.1) is 5.92 Å². The second-order valence-electron chi connectivity index (χ2n) is 5.90. The fraction of sp³-hybridized carbons (Fsp3) is 0.438. The number of aromatic nitrogens is 1. The molecule has 3 rings (SSSR count). The lowest BCUT2D eigenvalue weighted by atomic mass is 9.92. The molecule has 2 aromatic rings. The Morgan fingerprint density at radius 3 is 2.76 bits per heavy atom. The summed E-state index contributed by atoms with van der Waals surface area (Å²) in [5.41, 5.74) is 7.98. The average molecular weight is 287 g/mol. The summed E-state index contributed by atoms with van der Waals surface area (Å²) >= 11 is 0. The van der Waals surface area contributed by atoms with Gasteiger partial charge in [-0.2, -0.15) is 0 Å². The molecule has 1 aromatic heterocycles. The molecular formula is C16H21N3O2. The number of nitrogens with one attached hydrogen (secondary N) is 1. The molecule has 1 atom stereocenters. The number of aliphatic hydroxyl groups excluding tert-OH is 1. The van der Waals surface area contributed by atoms with Crippen LogP contribution >= 0.6 is 0 Å². The number of H-pyrrole nitrogens is 1. The molecule has 4 N–H and O–H groups in total. The molecule has 1 saturated heterocycles. The van der Waals surface area contributed by atoms with Crippen molar-refractivity contribution < 1.29 is 9.90 Å². The Hall–Kier alpha value is -2.01. The zero-order valence-corrected chi connectivity index (χ0v) is 12.2.